The second kappa shape index (κ2) is 69.4. The van der Waals surface area contributed by atoms with Crippen molar-refractivity contribution in [2.45, 2.75) is 426 Å². The Morgan fingerprint density at radius 3 is 0.776 bits per heavy atom. The number of phosphoric acid groups is 2. The molecule has 0 heterocycles. The van der Waals surface area contributed by atoms with Crippen molar-refractivity contribution in [3.63, 3.8) is 0 Å². The van der Waals surface area contributed by atoms with E-state index in [2.05, 4.69) is 48.5 Å². The average Bonchev–Trinajstić information content (AvgIpc) is 1.06. The van der Waals surface area contributed by atoms with Gasteiger partial charge in [-0.2, -0.15) is 0 Å². The highest BCUT2D eigenvalue weighted by Crippen LogP contribution is 2.45. The van der Waals surface area contributed by atoms with Gasteiger partial charge >= 0.3 is 39.5 Å². The van der Waals surface area contributed by atoms with Crippen LogP contribution >= 0.6 is 15.6 Å². The molecule has 0 aliphatic heterocycles. The van der Waals surface area contributed by atoms with Crippen LogP contribution in [0.1, 0.15) is 408 Å². The average molecular weight is 1440 g/mol. The number of hydrogen-bond acceptors (Lipinski definition) is 15. The largest absolute Gasteiger partial charge is 0.472 e. The molecule has 17 nitrogen and oxygen atoms in total. The van der Waals surface area contributed by atoms with Gasteiger partial charge in [-0.15, -0.1) is 0 Å². The normalized spacial score (nSPS) is 14.3. The van der Waals surface area contributed by atoms with E-state index in [4.69, 9.17) is 37.0 Å². The number of carbonyl (C=O) groups excluding carboxylic acids is 4. The molecule has 0 saturated carbocycles. The third-order valence-electron chi connectivity index (χ3n) is 18.7. The highest BCUT2D eigenvalue weighted by atomic mass is 31.2. The Bertz CT molecular complexity index is 1910. The van der Waals surface area contributed by atoms with E-state index in [0.717, 1.165) is 114 Å². The zero-order chi connectivity index (χ0) is 72.3. The van der Waals surface area contributed by atoms with Crippen LogP contribution in [0, 0.1) is 17.8 Å². The van der Waals surface area contributed by atoms with E-state index in [1.54, 1.807) is 0 Å². The van der Waals surface area contributed by atoms with Gasteiger partial charge in [0.2, 0.25) is 0 Å². The van der Waals surface area contributed by atoms with Gasteiger partial charge < -0.3 is 33.8 Å². The Morgan fingerprint density at radius 1 is 0.296 bits per heavy atom. The lowest BCUT2D eigenvalue weighted by Gasteiger charge is -2.21. The van der Waals surface area contributed by atoms with Crippen LogP contribution in [0.3, 0.4) is 0 Å². The minimum atomic E-state index is -4.96. The number of phosphoric ester groups is 2. The van der Waals surface area contributed by atoms with Crippen molar-refractivity contribution in [2.75, 3.05) is 39.6 Å². The van der Waals surface area contributed by atoms with E-state index in [9.17, 15) is 43.2 Å². The Labute approximate surface area is 600 Å². The van der Waals surface area contributed by atoms with Gasteiger partial charge in [-0.25, -0.2) is 9.13 Å². The zero-order valence-corrected chi connectivity index (χ0v) is 66.0. The highest BCUT2D eigenvalue weighted by molar-refractivity contribution is 7.47. The molecular weight excluding hydrogens is 1280 g/mol. The number of esters is 4. The number of rotatable bonds is 77. The van der Waals surface area contributed by atoms with Crippen LogP contribution < -0.4 is 0 Å². The highest BCUT2D eigenvalue weighted by Gasteiger charge is 2.30. The third kappa shape index (κ3) is 71.1. The second-order valence-electron chi connectivity index (χ2n) is 29.6. The summed E-state index contributed by atoms with van der Waals surface area (Å²) in [6.45, 7) is 11.9. The molecule has 3 N–H and O–H groups in total. The fraction of sp³-hybridized carbons (Fsp3) is 0.949. The summed E-state index contributed by atoms with van der Waals surface area (Å²) in [4.78, 5) is 72.9. The molecule has 0 aliphatic rings. The predicted molar refractivity (Wildman–Crippen MR) is 400 cm³/mol. The van der Waals surface area contributed by atoms with E-state index in [1.807, 2.05) is 0 Å². The fourth-order valence-corrected chi connectivity index (χ4v) is 13.7. The Kier molecular flexibility index (Phi) is 68.1. The molecule has 582 valence electrons. The molecular formula is C79H154O17P2. The van der Waals surface area contributed by atoms with Crippen molar-refractivity contribution in [3.05, 3.63) is 0 Å². The smallest absolute Gasteiger partial charge is 0.462 e. The van der Waals surface area contributed by atoms with Gasteiger partial charge in [0.1, 0.15) is 19.3 Å². The van der Waals surface area contributed by atoms with Gasteiger partial charge in [0.25, 0.3) is 0 Å². The monoisotopic (exact) mass is 1440 g/mol. The van der Waals surface area contributed by atoms with E-state index < -0.39 is 97.5 Å². The maximum absolute atomic E-state index is 13.1. The van der Waals surface area contributed by atoms with Gasteiger partial charge in [0.15, 0.2) is 12.2 Å². The quantitative estimate of drug-likeness (QED) is 0.0222. The number of hydrogen-bond donors (Lipinski definition) is 3. The summed E-state index contributed by atoms with van der Waals surface area (Å²) in [7, 11) is -9.92. The molecule has 0 spiro atoms. The number of unbranched alkanes of at least 4 members (excludes halogenated alkanes) is 44. The lowest BCUT2D eigenvalue weighted by Crippen LogP contribution is -2.30. The molecule has 0 fully saturated rings. The fourth-order valence-electron chi connectivity index (χ4n) is 12.1. The minimum absolute atomic E-state index is 0.104. The molecule has 0 aliphatic carbocycles. The lowest BCUT2D eigenvalue weighted by molar-refractivity contribution is -0.161. The van der Waals surface area contributed by atoms with Crippen LogP contribution in [-0.4, -0.2) is 96.7 Å². The van der Waals surface area contributed by atoms with Gasteiger partial charge in [-0.1, -0.05) is 357 Å². The van der Waals surface area contributed by atoms with E-state index in [0.29, 0.717) is 25.7 Å². The van der Waals surface area contributed by atoms with Gasteiger partial charge in [0.05, 0.1) is 26.4 Å². The molecule has 0 saturated heterocycles. The molecule has 0 rings (SSSR count). The van der Waals surface area contributed by atoms with Crippen molar-refractivity contribution in [1.82, 2.24) is 0 Å². The predicted octanol–water partition coefficient (Wildman–Crippen LogP) is 23.4. The van der Waals surface area contributed by atoms with Crippen LogP contribution in [0.4, 0.5) is 0 Å². The van der Waals surface area contributed by atoms with Crippen molar-refractivity contribution in [2.24, 2.45) is 17.8 Å². The number of ether oxygens (including phenoxy) is 4. The molecule has 3 unspecified atom stereocenters. The second-order valence-corrected chi connectivity index (χ2v) is 32.6. The molecule has 0 aromatic carbocycles. The van der Waals surface area contributed by atoms with Crippen LogP contribution in [0.2, 0.25) is 0 Å². The standard InChI is InChI=1S/C79H154O17P2/c1-8-10-11-12-13-14-15-16-17-18-19-20-21-26-29-34-39-48-55-62-78(83)95-74(66-89-76(81)60-53-46-38-33-28-25-23-22-24-27-31-36-43-50-57-70(3)4)68-93-97(85,86)91-64-73(80)65-92-98(87,88)94-69-75(67-90-77(82)61-54-47-42-41-45-52-59-72(7)9-2)96-79(84)63-56-49-40-35-30-32-37-44-51-58-71(5)6/h70-75,80H,8-69H2,1-7H3,(H,85,86)(H,87,88)/t72?,73-,74-,75-/m1/s1. The Morgan fingerprint density at radius 2 is 0.520 bits per heavy atom. The first-order valence-corrected chi connectivity index (χ1v) is 43.9. The number of aliphatic hydroxyl groups is 1. The first-order valence-electron chi connectivity index (χ1n) is 40.9. The summed E-state index contributed by atoms with van der Waals surface area (Å²) in [6, 6.07) is 0. The van der Waals surface area contributed by atoms with E-state index >= 15 is 0 Å². The molecule has 98 heavy (non-hydrogen) atoms. The Balaban J connectivity index is 5.24. The summed E-state index contributed by atoms with van der Waals surface area (Å²) in [5, 5.41) is 10.6. The van der Waals surface area contributed by atoms with Crippen molar-refractivity contribution < 1.29 is 80.2 Å². The maximum atomic E-state index is 13.1. The number of carbonyl (C=O) groups is 4. The minimum Gasteiger partial charge on any atom is -0.462 e. The molecule has 0 aromatic rings. The summed E-state index contributed by atoms with van der Waals surface area (Å²) < 4.78 is 68.6. The van der Waals surface area contributed by atoms with Crippen LogP contribution in [-0.2, 0) is 65.4 Å². The first-order chi connectivity index (χ1) is 47.3. The summed E-state index contributed by atoms with van der Waals surface area (Å²) in [5.74, 6) is 0.151. The van der Waals surface area contributed by atoms with Crippen LogP contribution in [0.15, 0.2) is 0 Å². The van der Waals surface area contributed by atoms with Crippen molar-refractivity contribution >= 4 is 39.5 Å². The molecule has 0 amide bonds. The van der Waals surface area contributed by atoms with Crippen molar-refractivity contribution in [3.8, 4) is 0 Å². The topological polar surface area (TPSA) is 237 Å². The third-order valence-corrected chi connectivity index (χ3v) is 20.6. The van der Waals surface area contributed by atoms with Crippen LogP contribution in [0.5, 0.6) is 0 Å². The van der Waals surface area contributed by atoms with Gasteiger partial charge in [-0.05, 0) is 43.4 Å². The molecule has 0 aromatic heterocycles. The first kappa shape index (κ1) is 96.1. The molecule has 0 bridgehead atoms. The van der Waals surface area contributed by atoms with Gasteiger partial charge in [-0.3, -0.25) is 37.3 Å². The summed E-state index contributed by atoms with van der Waals surface area (Å²) in [6.07, 6.45) is 57.0. The molecule has 0 radical (unpaired) electrons. The summed E-state index contributed by atoms with van der Waals surface area (Å²) >= 11 is 0. The molecule has 19 heteroatoms. The SMILES string of the molecule is CCCCCCCCCCCCCCCCCCCCCC(=O)O[C@H](COC(=O)CCCCCCCCCCCCCCCCC(C)C)COP(=O)(O)OC[C@@H](O)COP(=O)(O)OC[C@@H](COC(=O)CCCCCCCCC(C)CC)OC(=O)CCCCCCCCCCCC(C)C. The summed E-state index contributed by atoms with van der Waals surface area (Å²) in [5.41, 5.74) is 0. The van der Waals surface area contributed by atoms with E-state index in [1.165, 1.54) is 212 Å². The van der Waals surface area contributed by atoms with E-state index in [-0.39, 0.29) is 25.7 Å². The lowest BCUT2D eigenvalue weighted by atomic mass is 10.00. The number of aliphatic hydroxyl groups excluding tert-OH is 1. The van der Waals surface area contributed by atoms with Crippen molar-refractivity contribution in [1.29, 1.82) is 0 Å². The zero-order valence-electron chi connectivity index (χ0n) is 64.3. The Hall–Kier alpha value is -1.94. The van der Waals surface area contributed by atoms with Crippen LogP contribution in [0.25, 0.3) is 0 Å². The molecule has 6 atom stereocenters. The maximum Gasteiger partial charge on any atom is 0.472 e. The van der Waals surface area contributed by atoms with Gasteiger partial charge in [0, 0.05) is 25.7 Å².